The van der Waals surface area contributed by atoms with Crippen molar-refractivity contribution in [1.29, 1.82) is 0 Å². The van der Waals surface area contributed by atoms with Crippen LogP contribution in [-0.4, -0.2) is 51.4 Å². The molecule has 152 valence electrons. The van der Waals surface area contributed by atoms with Gasteiger partial charge in [-0.15, -0.1) is 12.4 Å². The van der Waals surface area contributed by atoms with Crippen LogP contribution in [0.2, 0.25) is 0 Å². The van der Waals surface area contributed by atoms with Gasteiger partial charge in [0.2, 0.25) is 0 Å². The first kappa shape index (κ1) is 22.2. The van der Waals surface area contributed by atoms with Crippen molar-refractivity contribution >= 4 is 34.0 Å². The fraction of sp³-hybridized carbons (Fsp3) is 0.350. The van der Waals surface area contributed by atoms with Crippen molar-refractivity contribution in [3.8, 4) is 0 Å². The molecule has 8 heteroatoms. The number of nitrogens with zero attached hydrogens (tertiary/aromatic N) is 2. The lowest BCUT2D eigenvalue weighted by Gasteiger charge is -2.34. The van der Waals surface area contributed by atoms with Gasteiger partial charge in [-0.1, -0.05) is 24.3 Å². The summed E-state index contributed by atoms with van der Waals surface area (Å²) in [6, 6.07) is 15.4. The van der Waals surface area contributed by atoms with Crippen molar-refractivity contribution in [2.45, 2.75) is 24.8 Å². The van der Waals surface area contributed by atoms with E-state index >= 15 is 0 Å². The zero-order chi connectivity index (χ0) is 19.4. The summed E-state index contributed by atoms with van der Waals surface area (Å²) >= 11 is 0. The number of sulfonamides is 1. The Bertz CT molecular complexity index is 906. The van der Waals surface area contributed by atoms with E-state index in [-0.39, 0.29) is 29.3 Å². The molecule has 1 saturated heterocycles. The second-order valence-electron chi connectivity index (χ2n) is 6.58. The molecule has 1 fully saturated rings. The number of para-hydroxylation sites is 1. The van der Waals surface area contributed by atoms with E-state index in [9.17, 15) is 13.2 Å². The van der Waals surface area contributed by atoms with Crippen molar-refractivity contribution in [2.24, 2.45) is 0 Å². The highest BCUT2D eigenvalue weighted by atomic mass is 35.5. The maximum Gasteiger partial charge on any atom is 0.264 e. The number of hydrogen-bond acceptors (Lipinski definition) is 4. The van der Waals surface area contributed by atoms with Crippen molar-refractivity contribution < 1.29 is 13.2 Å². The molecule has 28 heavy (non-hydrogen) atoms. The SMILES string of the molecule is CCN(c1ccccc1)S(=O)(=O)c1cccc(C(=O)N2CCNC[C@H]2C)c1.Cl. The van der Waals surface area contributed by atoms with Gasteiger partial charge >= 0.3 is 0 Å². The minimum absolute atomic E-state index is 0. The minimum atomic E-state index is -3.75. The van der Waals surface area contributed by atoms with E-state index in [4.69, 9.17) is 0 Å². The van der Waals surface area contributed by atoms with Gasteiger partial charge in [0.25, 0.3) is 15.9 Å². The van der Waals surface area contributed by atoms with Crippen molar-refractivity contribution in [3.05, 3.63) is 60.2 Å². The van der Waals surface area contributed by atoms with E-state index in [0.717, 1.165) is 13.1 Å². The lowest BCUT2D eigenvalue weighted by atomic mass is 10.1. The van der Waals surface area contributed by atoms with Gasteiger partial charge in [0.15, 0.2) is 0 Å². The number of carbonyl (C=O) groups excluding carboxylic acids is 1. The zero-order valence-corrected chi connectivity index (χ0v) is 17.7. The van der Waals surface area contributed by atoms with E-state index in [2.05, 4.69) is 5.32 Å². The van der Waals surface area contributed by atoms with Gasteiger partial charge in [0.1, 0.15) is 0 Å². The summed E-state index contributed by atoms with van der Waals surface area (Å²) in [6.45, 7) is 6.18. The van der Waals surface area contributed by atoms with E-state index in [1.54, 1.807) is 54.3 Å². The van der Waals surface area contributed by atoms with Gasteiger partial charge in [-0.25, -0.2) is 8.42 Å². The highest BCUT2D eigenvalue weighted by Crippen LogP contribution is 2.24. The molecule has 1 aliphatic rings. The summed E-state index contributed by atoms with van der Waals surface area (Å²) in [4.78, 5) is 14.8. The number of hydrogen-bond donors (Lipinski definition) is 1. The molecule has 2 aromatic rings. The predicted octanol–water partition coefficient (Wildman–Crippen LogP) is 2.76. The Morgan fingerprint density at radius 2 is 1.89 bits per heavy atom. The summed E-state index contributed by atoms with van der Waals surface area (Å²) in [6.07, 6.45) is 0. The third kappa shape index (κ3) is 4.48. The summed E-state index contributed by atoms with van der Waals surface area (Å²) in [7, 11) is -3.75. The van der Waals surface area contributed by atoms with E-state index in [1.807, 2.05) is 13.0 Å². The lowest BCUT2D eigenvalue weighted by molar-refractivity contribution is 0.0655. The second kappa shape index (κ2) is 9.41. The molecule has 6 nitrogen and oxygen atoms in total. The molecule has 1 heterocycles. The minimum Gasteiger partial charge on any atom is -0.333 e. The summed E-state index contributed by atoms with van der Waals surface area (Å²) in [5, 5.41) is 3.25. The van der Waals surface area contributed by atoms with Crippen LogP contribution in [0.25, 0.3) is 0 Å². The van der Waals surface area contributed by atoms with Crippen LogP contribution in [0.15, 0.2) is 59.5 Å². The Morgan fingerprint density at radius 1 is 1.18 bits per heavy atom. The van der Waals surface area contributed by atoms with Crippen LogP contribution >= 0.6 is 12.4 Å². The van der Waals surface area contributed by atoms with Crippen LogP contribution in [0, 0.1) is 0 Å². The Kier molecular flexibility index (Phi) is 7.46. The molecule has 1 aliphatic heterocycles. The molecular weight excluding hydrogens is 398 g/mol. The Hall–Kier alpha value is -2.09. The summed E-state index contributed by atoms with van der Waals surface area (Å²) in [5.41, 5.74) is 1.00. The Morgan fingerprint density at radius 3 is 2.54 bits per heavy atom. The van der Waals surface area contributed by atoms with Gasteiger partial charge in [-0.2, -0.15) is 0 Å². The first-order valence-corrected chi connectivity index (χ1v) is 10.6. The maximum atomic E-state index is 13.2. The summed E-state index contributed by atoms with van der Waals surface area (Å²) in [5.74, 6) is -0.135. The second-order valence-corrected chi connectivity index (χ2v) is 8.45. The fourth-order valence-electron chi connectivity index (χ4n) is 3.31. The van der Waals surface area contributed by atoms with E-state index in [0.29, 0.717) is 24.3 Å². The highest BCUT2D eigenvalue weighted by Gasteiger charge is 2.27. The van der Waals surface area contributed by atoms with Gasteiger partial charge in [-0.05, 0) is 44.2 Å². The number of anilines is 1. The van der Waals surface area contributed by atoms with Gasteiger partial charge in [0, 0.05) is 37.8 Å². The molecule has 3 rings (SSSR count). The van der Waals surface area contributed by atoms with Crippen LogP contribution in [0.4, 0.5) is 5.69 Å². The van der Waals surface area contributed by atoms with Crippen molar-refractivity contribution in [3.63, 3.8) is 0 Å². The fourth-order valence-corrected chi connectivity index (χ4v) is 4.83. The molecular formula is C20H26ClN3O3S. The number of nitrogens with one attached hydrogen (secondary N) is 1. The highest BCUT2D eigenvalue weighted by molar-refractivity contribution is 7.92. The van der Waals surface area contributed by atoms with E-state index < -0.39 is 10.0 Å². The first-order chi connectivity index (χ1) is 12.9. The van der Waals surface area contributed by atoms with Crippen LogP contribution in [0.1, 0.15) is 24.2 Å². The third-order valence-electron chi connectivity index (χ3n) is 4.76. The quantitative estimate of drug-likeness (QED) is 0.802. The molecule has 0 bridgehead atoms. The molecule has 1 atom stereocenters. The number of benzene rings is 2. The third-order valence-corrected chi connectivity index (χ3v) is 6.66. The molecule has 0 unspecified atom stereocenters. The van der Waals surface area contributed by atoms with Crippen LogP contribution in [0.3, 0.4) is 0 Å². The topological polar surface area (TPSA) is 69.7 Å². The van der Waals surface area contributed by atoms with Crippen molar-refractivity contribution in [2.75, 3.05) is 30.5 Å². The average Bonchev–Trinajstić information content (AvgIpc) is 2.69. The molecule has 0 aliphatic carbocycles. The molecule has 2 aromatic carbocycles. The Balaban J connectivity index is 0.00000280. The smallest absolute Gasteiger partial charge is 0.264 e. The zero-order valence-electron chi connectivity index (χ0n) is 16.0. The first-order valence-electron chi connectivity index (χ1n) is 9.14. The molecule has 1 amide bonds. The summed E-state index contributed by atoms with van der Waals surface area (Å²) < 4.78 is 27.7. The number of amides is 1. The predicted molar refractivity (Wildman–Crippen MR) is 114 cm³/mol. The number of carbonyl (C=O) groups is 1. The van der Waals surface area contributed by atoms with Crippen LogP contribution < -0.4 is 9.62 Å². The monoisotopic (exact) mass is 423 g/mol. The largest absolute Gasteiger partial charge is 0.333 e. The van der Waals surface area contributed by atoms with Gasteiger partial charge in [-0.3, -0.25) is 9.10 Å². The molecule has 1 N–H and O–H groups in total. The normalized spacial score (nSPS) is 16.9. The van der Waals surface area contributed by atoms with Crippen LogP contribution in [-0.2, 0) is 10.0 Å². The maximum absolute atomic E-state index is 13.2. The van der Waals surface area contributed by atoms with Crippen molar-refractivity contribution in [1.82, 2.24) is 10.2 Å². The number of rotatable bonds is 5. The lowest BCUT2D eigenvalue weighted by Crippen LogP contribution is -2.52. The van der Waals surface area contributed by atoms with Gasteiger partial charge < -0.3 is 10.2 Å². The number of halogens is 1. The molecule has 0 aromatic heterocycles. The van der Waals surface area contributed by atoms with Crippen LogP contribution in [0.5, 0.6) is 0 Å². The van der Waals surface area contributed by atoms with Gasteiger partial charge in [0.05, 0.1) is 10.6 Å². The molecule has 0 radical (unpaired) electrons. The molecule has 0 saturated carbocycles. The average molecular weight is 424 g/mol. The standard InChI is InChI=1S/C20H25N3O3S.ClH/c1-3-23(18-9-5-4-6-10-18)27(25,26)19-11-7-8-17(14-19)20(24)22-13-12-21-15-16(22)2;/h4-11,14,16,21H,3,12-13,15H2,1-2H3;1H/t16-;/m1./s1. The number of piperazine rings is 1. The van der Waals surface area contributed by atoms with E-state index in [1.165, 1.54) is 10.4 Å². The Labute approximate surface area is 173 Å². The molecule has 0 spiro atoms.